The van der Waals surface area contributed by atoms with E-state index in [1.807, 2.05) is 50.4 Å². The maximum atomic E-state index is 12.5. The summed E-state index contributed by atoms with van der Waals surface area (Å²) < 4.78 is 5.61. The van der Waals surface area contributed by atoms with Crippen LogP contribution in [0.25, 0.3) is 0 Å². The van der Waals surface area contributed by atoms with Crippen molar-refractivity contribution in [1.29, 1.82) is 0 Å². The molecule has 0 aliphatic carbocycles. The molecule has 0 saturated heterocycles. The Labute approximate surface area is 147 Å². The number of rotatable bonds is 4. The van der Waals surface area contributed by atoms with E-state index in [1.165, 1.54) is 12.5 Å². The van der Waals surface area contributed by atoms with Crippen LogP contribution in [0.2, 0.25) is 0 Å². The summed E-state index contributed by atoms with van der Waals surface area (Å²) in [6, 6.07) is 13.0. The van der Waals surface area contributed by atoms with Crippen molar-refractivity contribution >= 4 is 23.3 Å². The van der Waals surface area contributed by atoms with Crippen LogP contribution in [0.5, 0.6) is 0 Å². The number of amides is 1. The second-order valence-electron chi connectivity index (χ2n) is 6.37. The van der Waals surface area contributed by atoms with E-state index >= 15 is 0 Å². The molecule has 0 bridgehead atoms. The molecule has 0 spiro atoms. The van der Waals surface area contributed by atoms with E-state index in [9.17, 15) is 9.59 Å². The highest BCUT2D eigenvalue weighted by Crippen LogP contribution is 2.29. The minimum atomic E-state index is -0.410. The summed E-state index contributed by atoms with van der Waals surface area (Å²) >= 11 is 0. The molecule has 25 heavy (non-hydrogen) atoms. The molecule has 130 valence electrons. The van der Waals surface area contributed by atoms with Gasteiger partial charge in [0.2, 0.25) is 5.91 Å². The maximum Gasteiger partial charge on any atom is 0.338 e. The Morgan fingerprint density at radius 2 is 2.00 bits per heavy atom. The molecule has 1 unspecified atom stereocenters. The Hall–Kier alpha value is -2.82. The average molecular weight is 338 g/mol. The second-order valence-corrected chi connectivity index (χ2v) is 6.37. The van der Waals surface area contributed by atoms with Crippen molar-refractivity contribution in [2.24, 2.45) is 0 Å². The first kappa shape index (κ1) is 17.0. The Balaban J connectivity index is 1.73. The van der Waals surface area contributed by atoms with Crippen LogP contribution in [0.1, 0.15) is 41.4 Å². The molecule has 2 aromatic carbocycles. The normalized spacial score (nSPS) is 14.0. The van der Waals surface area contributed by atoms with Crippen LogP contribution in [-0.2, 0) is 16.0 Å². The minimum Gasteiger partial charge on any atom is -0.454 e. The molecule has 1 heterocycles. The van der Waals surface area contributed by atoms with E-state index in [1.54, 1.807) is 6.07 Å². The smallest absolute Gasteiger partial charge is 0.338 e. The van der Waals surface area contributed by atoms with Crippen LogP contribution in [0, 0.1) is 0 Å². The second kappa shape index (κ2) is 6.97. The van der Waals surface area contributed by atoms with Gasteiger partial charge < -0.3 is 15.0 Å². The molecule has 0 fully saturated rings. The van der Waals surface area contributed by atoms with Gasteiger partial charge in [0.05, 0.1) is 5.56 Å². The molecule has 2 aromatic rings. The number of carbonyl (C=O) groups is 2. The number of nitrogens with zero attached hydrogens (tertiary/aromatic N) is 1. The van der Waals surface area contributed by atoms with Gasteiger partial charge in [0.25, 0.3) is 0 Å². The minimum absolute atomic E-state index is 0.135. The van der Waals surface area contributed by atoms with Crippen LogP contribution < -0.4 is 10.2 Å². The molecule has 1 atom stereocenters. The molecule has 3 rings (SSSR count). The van der Waals surface area contributed by atoms with Gasteiger partial charge in [-0.15, -0.1) is 0 Å². The molecule has 5 nitrogen and oxygen atoms in total. The lowest BCUT2D eigenvalue weighted by molar-refractivity contribution is -0.114. The lowest BCUT2D eigenvalue weighted by Crippen LogP contribution is -2.14. The first-order valence-electron chi connectivity index (χ1n) is 8.36. The number of ether oxygens (including phenoxy) is 1. The molecular formula is C20H22N2O3. The third-order valence-electron chi connectivity index (χ3n) is 4.41. The Morgan fingerprint density at radius 1 is 1.20 bits per heavy atom. The third-order valence-corrected chi connectivity index (χ3v) is 4.41. The van der Waals surface area contributed by atoms with Gasteiger partial charge in [0, 0.05) is 31.9 Å². The standard InChI is InChI=1S/C20H22N2O3/c1-13(16-5-4-6-18(11-16)21-14(2)23)25-20(24)17-8-7-15-9-10-22(3)19(15)12-17/h4-8,11-13H,9-10H2,1-3H3,(H,21,23). The molecule has 0 saturated carbocycles. The number of esters is 1. The zero-order valence-corrected chi connectivity index (χ0v) is 14.7. The Kier molecular flexibility index (Phi) is 4.74. The Morgan fingerprint density at radius 3 is 2.76 bits per heavy atom. The summed E-state index contributed by atoms with van der Waals surface area (Å²) in [5, 5.41) is 2.73. The number of likely N-dealkylation sites (N-methyl/N-ethyl adjacent to an activating group) is 1. The van der Waals surface area contributed by atoms with E-state index in [0.29, 0.717) is 11.3 Å². The third kappa shape index (κ3) is 3.82. The van der Waals surface area contributed by atoms with Crippen LogP contribution in [0.3, 0.4) is 0 Å². The van der Waals surface area contributed by atoms with E-state index < -0.39 is 6.10 Å². The lowest BCUT2D eigenvalue weighted by Gasteiger charge is -2.16. The molecule has 1 aliphatic rings. The van der Waals surface area contributed by atoms with Crippen molar-refractivity contribution in [3.63, 3.8) is 0 Å². The molecular weight excluding hydrogens is 316 g/mol. The quantitative estimate of drug-likeness (QED) is 0.866. The van der Waals surface area contributed by atoms with Crippen LogP contribution in [0.15, 0.2) is 42.5 Å². The fraction of sp³-hybridized carbons (Fsp3) is 0.300. The van der Waals surface area contributed by atoms with Crippen LogP contribution in [0.4, 0.5) is 11.4 Å². The first-order valence-corrected chi connectivity index (χ1v) is 8.36. The Bertz CT molecular complexity index is 816. The van der Waals surface area contributed by atoms with E-state index in [4.69, 9.17) is 4.74 Å². The predicted molar refractivity (Wildman–Crippen MR) is 98.0 cm³/mol. The summed E-state index contributed by atoms with van der Waals surface area (Å²) in [6.07, 6.45) is 0.597. The largest absolute Gasteiger partial charge is 0.454 e. The van der Waals surface area contributed by atoms with Gasteiger partial charge in [0.15, 0.2) is 0 Å². The molecule has 5 heteroatoms. The fourth-order valence-corrected chi connectivity index (χ4v) is 3.04. The summed E-state index contributed by atoms with van der Waals surface area (Å²) in [7, 11) is 2.02. The SMILES string of the molecule is CC(=O)Nc1cccc(C(C)OC(=O)c2ccc3c(c2)N(C)CC3)c1. The van der Waals surface area contributed by atoms with E-state index in [2.05, 4.69) is 10.2 Å². The number of fused-ring (bicyclic) bond motifs is 1. The van der Waals surface area contributed by atoms with Crippen molar-refractivity contribution in [3.05, 3.63) is 59.2 Å². The molecule has 0 aromatic heterocycles. The first-order chi connectivity index (χ1) is 11.9. The van der Waals surface area contributed by atoms with Gasteiger partial charge in [0.1, 0.15) is 6.10 Å². The highest BCUT2D eigenvalue weighted by molar-refractivity contribution is 5.91. The van der Waals surface area contributed by atoms with E-state index in [-0.39, 0.29) is 11.9 Å². The highest BCUT2D eigenvalue weighted by Gasteiger charge is 2.20. The number of benzene rings is 2. The van der Waals surface area contributed by atoms with Crippen molar-refractivity contribution < 1.29 is 14.3 Å². The maximum absolute atomic E-state index is 12.5. The molecule has 1 amide bonds. The number of carbonyl (C=O) groups excluding carboxylic acids is 2. The monoisotopic (exact) mass is 338 g/mol. The fourth-order valence-electron chi connectivity index (χ4n) is 3.04. The van der Waals surface area contributed by atoms with Crippen molar-refractivity contribution in [3.8, 4) is 0 Å². The van der Waals surface area contributed by atoms with Crippen LogP contribution >= 0.6 is 0 Å². The highest BCUT2D eigenvalue weighted by atomic mass is 16.5. The molecule has 1 N–H and O–H groups in total. The van der Waals surface area contributed by atoms with Crippen molar-refractivity contribution in [2.45, 2.75) is 26.4 Å². The average Bonchev–Trinajstić information content (AvgIpc) is 2.95. The summed E-state index contributed by atoms with van der Waals surface area (Å²) in [6.45, 7) is 4.26. The summed E-state index contributed by atoms with van der Waals surface area (Å²) in [5.41, 5.74) is 4.42. The van der Waals surface area contributed by atoms with Crippen LogP contribution in [-0.4, -0.2) is 25.5 Å². The number of nitrogens with one attached hydrogen (secondary N) is 1. The number of anilines is 2. The molecule has 1 aliphatic heterocycles. The van der Waals surface area contributed by atoms with Gasteiger partial charge in [-0.3, -0.25) is 4.79 Å². The summed E-state index contributed by atoms with van der Waals surface area (Å²) in [5.74, 6) is -0.482. The zero-order chi connectivity index (χ0) is 18.0. The summed E-state index contributed by atoms with van der Waals surface area (Å²) in [4.78, 5) is 25.8. The predicted octanol–water partition coefficient (Wildman–Crippen LogP) is 3.56. The van der Waals surface area contributed by atoms with Gasteiger partial charge >= 0.3 is 5.97 Å². The van der Waals surface area contributed by atoms with E-state index in [0.717, 1.165) is 24.2 Å². The van der Waals surface area contributed by atoms with Gasteiger partial charge in [-0.25, -0.2) is 4.79 Å². The zero-order valence-electron chi connectivity index (χ0n) is 14.7. The lowest BCUT2D eigenvalue weighted by atomic mass is 10.1. The van der Waals surface area contributed by atoms with Crippen molar-refractivity contribution in [1.82, 2.24) is 0 Å². The molecule has 0 radical (unpaired) electrons. The number of hydrogen-bond donors (Lipinski definition) is 1. The van der Waals surface area contributed by atoms with Gasteiger partial charge in [-0.1, -0.05) is 18.2 Å². The van der Waals surface area contributed by atoms with Crippen molar-refractivity contribution in [2.75, 3.05) is 23.8 Å². The number of hydrogen-bond acceptors (Lipinski definition) is 4. The van der Waals surface area contributed by atoms with Gasteiger partial charge in [-0.05, 0) is 48.7 Å². The topological polar surface area (TPSA) is 58.6 Å². The van der Waals surface area contributed by atoms with Gasteiger partial charge in [-0.2, -0.15) is 0 Å².